The molecule has 1 aromatic carbocycles. The second-order valence-corrected chi connectivity index (χ2v) is 7.36. The number of aromatic nitrogens is 1. The van der Waals surface area contributed by atoms with Crippen LogP contribution in [0.25, 0.3) is 0 Å². The van der Waals surface area contributed by atoms with Crippen LogP contribution in [0.15, 0.2) is 47.2 Å². The van der Waals surface area contributed by atoms with Crippen molar-refractivity contribution in [2.75, 3.05) is 5.32 Å². The summed E-state index contributed by atoms with van der Waals surface area (Å²) in [5, 5.41) is 5.45. The van der Waals surface area contributed by atoms with Crippen molar-refractivity contribution in [1.29, 1.82) is 0 Å². The highest BCUT2D eigenvalue weighted by Gasteiger charge is 2.48. The summed E-state index contributed by atoms with van der Waals surface area (Å²) in [7, 11) is 0. The van der Waals surface area contributed by atoms with E-state index in [1.807, 2.05) is 12.1 Å². The van der Waals surface area contributed by atoms with Crippen LogP contribution in [0.2, 0.25) is 0 Å². The van der Waals surface area contributed by atoms with Crippen molar-refractivity contribution in [2.24, 2.45) is 0 Å². The topological polar surface area (TPSA) is 103 Å². The Balaban J connectivity index is 1.63. The van der Waals surface area contributed by atoms with Crippen LogP contribution in [0.3, 0.4) is 0 Å². The molecule has 1 aliphatic rings. The molecule has 10 heteroatoms. The largest absolute Gasteiger partial charge is 0.344 e. The summed E-state index contributed by atoms with van der Waals surface area (Å²) in [5.41, 5.74) is 1.86. The molecule has 1 fully saturated rings. The van der Waals surface area contributed by atoms with Crippen LogP contribution in [-0.2, 0) is 11.2 Å². The molecule has 2 aromatic rings. The Morgan fingerprint density at radius 1 is 1.29 bits per heavy atom. The Kier molecular flexibility index (Phi) is 5.59. The molecule has 28 heavy (non-hydrogen) atoms. The first-order valence-electron chi connectivity index (χ1n) is 8.37. The fraction of sp³-hybridized carbons (Fsp3) is 0.222. The molecule has 3 rings (SSSR count). The van der Waals surface area contributed by atoms with Crippen LogP contribution in [0.1, 0.15) is 18.9 Å². The van der Waals surface area contributed by atoms with Gasteiger partial charge in [0.1, 0.15) is 11.4 Å². The van der Waals surface area contributed by atoms with Crippen molar-refractivity contribution in [2.45, 2.75) is 25.3 Å². The second kappa shape index (κ2) is 7.93. The SMILES string of the molecule is CC1(CCc2ccncc2)NC(=O)N(NC(=O)Nc2ccc(Br)cc2F)C1=O. The lowest BCUT2D eigenvalue weighted by atomic mass is 9.94. The molecule has 0 bridgehead atoms. The van der Waals surface area contributed by atoms with E-state index in [1.54, 1.807) is 25.4 Å². The van der Waals surface area contributed by atoms with Gasteiger partial charge >= 0.3 is 12.1 Å². The van der Waals surface area contributed by atoms with Gasteiger partial charge in [-0.05, 0) is 55.7 Å². The smallest absolute Gasteiger partial charge is 0.322 e. The number of carbonyl (C=O) groups is 3. The van der Waals surface area contributed by atoms with E-state index in [9.17, 15) is 18.8 Å². The molecule has 0 saturated carbocycles. The number of carbonyl (C=O) groups excluding carboxylic acids is 3. The van der Waals surface area contributed by atoms with Crippen molar-refractivity contribution in [1.82, 2.24) is 20.7 Å². The van der Waals surface area contributed by atoms with Crippen LogP contribution in [0, 0.1) is 5.82 Å². The normalized spacial score (nSPS) is 18.8. The van der Waals surface area contributed by atoms with Gasteiger partial charge in [-0.1, -0.05) is 15.9 Å². The predicted octanol–water partition coefficient (Wildman–Crippen LogP) is 2.96. The highest BCUT2D eigenvalue weighted by molar-refractivity contribution is 9.10. The Bertz CT molecular complexity index is 927. The van der Waals surface area contributed by atoms with Crippen LogP contribution in [0.5, 0.6) is 0 Å². The summed E-state index contributed by atoms with van der Waals surface area (Å²) in [6, 6.07) is 6.05. The summed E-state index contributed by atoms with van der Waals surface area (Å²) in [4.78, 5) is 40.9. The highest BCUT2D eigenvalue weighted by atomic mass is 79.9. The molecule has 0 aliphatic carbocycles. The minimum Gasteiger partial charge on any atom is -0.322 e. The maximum atomic E-state index is 13.8. The first-order chi connectivity index (χ1) is 13.3. The van der Waals surface area contributed by atoms with Gasteiger partial charge in [-0.15, -0.1) is 0 Å². The Morgan fingerprint density at radius 3 is 2.68 bits per heavy atom. The average Bonchev–Trinajstić information content (AvgIpc) is 2.87. The van der Waals surface area contributed by atoms with Crippen molar-refractivity contribution >= 4 is 39.6 Å². The lowest BCUT2D eigenvalue weighted by Crippen LogP contribution is -2.50. The molecule has 1 unspecified atom stereocenters. The number of imide groups is 1. The van der Waals surface area contributed by atoms with Crippen LogP contribution in [-0.4, -0.2) is 33.5 Å². The quantitative estimate of drug-likeness (QED) is 0.610. The van der Waals surface area contributed by atoms with Crippen molar-refractivity contribution in [3.05, 3.63) is 58.6 Å². The second-order valence-electron chi connectivity index (χ2n) is 6.45. The third-order valence-corrected chi connectivity index (χ3v) is 4.81. The number of rotatable bonds is 5. The zero-order chi connectivity index (χ0) is 20.3. The van der Waals surface area contributed by atoms with Gasteiger partial charge in [0.05, 0.1) is 5.69 Å². The number of aryl methyl sites for hydroxylation is 1. The average molecular weight is 450 g/mol. The van der Waals surface area contributed by atoms with Gasteiger partial charge in [0, 0.05) is 16.9 Å². The molecule has 1 atom stereocenters. The van der Waals surface area contributed by atoms with Crippen LogP contribution in [0.4, 0.5) is 19.7 Å². The lowest BCUT2D eigenvalue weighted by Gasteiger charge is -2.21. The summed E-state index contributed by atoms with van der Waals surface area (Å²) < 4.78 is 14.3. The first kappa shape index (κ1) is 19.7. The molecular formula is C18H17BrFN5O3. The van der Waals surface area contributed by atoms with E-state index in [2.05, 4.69) is 37.0 Å². The molecule has 1 aliphatic heterocycles. The summed E-state index contributed by atoms with van der Waals surface area (Å²) in [5.74, 6) is -1.26. The standard InChI is InChI=1S/C18H17BrFN5O3/c1-18(7-4-11-5-8-21-9-6-11)15(26)25(17(28)23-18)24-16(27)22-14-3-2-12(19)10-13(14)20/h2-3,5-6,8-10H,4,7H2,1H3,(H,23,28)(H2,22,24,27). The summed E-state index contributed by atoms with van der Waals surface area (Å²) in [6.07, 6.45) is 4.16. The molecule has 146 valence electrons. The van der Waals surface area contributed by atoms with Crippen molar-refractivity contribution in [3.8, 4) is 0 Å². The number of halogens is 2. The van der Waals surface area contributed by atoms with E-state index >= 15 is 0 Å². The minimum atomic E-state index is -1.17. The molecule has 3 N–H and O–H groups in total. The summed E-state index contributed by atoms with van der Waals surface area (Å²) in [6.45, 7) is 1.59. The molecular weight excluding hydrogens is 433 g/mol. The van der Waals surface area contributed by atoms with Crippen molar-refractivity contribution < 1.29 is 18.8 Å². The number of pyridine rings is 1. The third kappa shape index (κ3) is 4.28. The van der Waals surface area contributed by atoms with Gasteiger partial charge in [-0.2, -0.15) is 5.01 Å². The number of hydrazine groups is 1. The van der Waals surface area contributed by atoms with E-state index < -0.39 is 29.3 Å². The number of urea groups is 2. The number of benzene rings is 1. The van der Waals surface area contributed by atoms with Gasteiger partial charge in [0.25, 0.3) is 5.91 Å². The number of hydrogen-bond acceptors (Lipinski definition) is 4. The van der Waals surface area contributed by atoms with Gasteiger partial charge in [-0.3, -0.25) is 9.78 Å². The molecule has 8 nitrogen and oxygen atoms in total. The van der Waals surface area contributed by atoms with Crippen molar-refractivity contribution in [3.63, 3.8) is 0 Å². The number of amides is 5. The zero-order valence-electron chi connectivity index (χ0n) is 14.8. The Labute approximate surface area is 168 Å². The maximum Gasteiger partial charge on any atom is 0.344 e. The molecule has 5 amide bonds. The van der Waals surface area contributed by atoms with Gasteiger partial charge < -0.3 is 10.6 Å². The number of nitrogens with one attached hydrogen (secondary N) is 3. The predicted molar refractivity (Wildman–Crippen MR) is 103 cm³/mol. The van der Waals surface area contributed by atoms with Crippen LogP contribution < -0.4 is 16.1 Å². The maximum absolute atomic E-state index is 13.8. The van der Waals surface area contributed by atoms with E-state index in [0.717, 1.165) is 5.56 Å². The zero-order valence-corrected chi connectivity index (χ0v) is 16.4. The van der Waals surface area contributed by atoms with Gasteiger partial charge in [-0.25, -0.2) is 19.4 Å². The van der Waals surface area contributed by atoms with E-state index in [-0.39, 0.29) is 5.69 Å². The van der Waals surface area contributed by atoms with Gasteiger partial charge in [0.15, 0.2) is 0 Å². The minimum absolute atomic E-state index is 0.0896. The van der Waals surface area contributed by atoms with Gasteiger partial charge in [0.2, 0.25) is 0 Å². The lowest BCUT2D eigenvalue weighted by molar-refractivity contribution is -0.132. The van der Waals surface area contributed by atoms with E-state index in [1.165, 1.54) is 12.1 Å². The first-order valence-corrected chi connectivity index (χ1v) is 9.16. The van der Waals surface area contributed by atoms with E-state index in [0.29, 0.717) is 22.3 Å². The fourth-order valence-corrected chi connectivity index (χ4v) is 3.07. The number of hydrogen-bond donors (Lipinski definition) is 3. The van der Waals surface area contributed by atoms with Crippen LogP contribution >= 0.6 is 15.9 Å². The monoisotopic (exact) mass is 449 g/mol. The molecule has 1 aromatic heterocycles. The Morgan fingerprint density at radius 2 is 2.00 bits per heavy atom. The highest BCUT2D eigenvalue weighted by Crippen LogP contribution is 2.23. The molecule has 0 spiro atoms. The molecule has 1 saturated heterocycles. The summed E-state index contributed by atoms with van der Waals surface area (Å²) >= 11 is 3.12. The number of nitrogens with zero attached hydrogens (tertiary/aromatic N) is 2. The third-order valence-electron chi connectivity index (χ3n) is 4.32. The molecule has 2 heterocycles. The Hall–Kier alpha value is -3.01. The van der Waals surface area contributed by atoms with E-state index in [4.69, 9.17) is 0 Å². The fourth-order valence-electron chi connectivity index (χ4n) is 2.74. The molecule has 0 radical (unpaired) electrons. The number of anilines is 1.